The Hall–Kier alpha value is -2.30. The number of guanidine groups is 1. The van der Waals surface area contributed by atoms with Crippen LogP contribution < -0.4 is 10.6 Å². The van der Waals surface area contributed by atoms with E-state index in [9.17, 15) is 0 Å². The molecular weight excluding hydrogens is 312 g/mol. The Labute approximate surface area is 151 Å². The average Bonchev–Trinajstić information content (AvgIpc) is 2.97. The first kappa shape index (κ1) is 19.0. The molecule has 0 amide bonds. The molecule has 136 valence electrons. The zero-order valence-electron chi connectivity index (χ0n) is 16.0. The van der Waals surface area contributed by atoms with Gasteiger partial charge in [-0.3, -0.25) is 4.99 Å². The van der Waals surface area contributed by atoms with Gasteiger partial charge in [-0.25, -0.2) is 4.98 Å². The van der Waals surface area contributed by atoms with Crippen LogP contribution in [0, 0.1) is 13.8 Å². The van der Waals surface area contributed by atoms with Gasteiger partial charge in [0.1, 0.15) is 5.76 Å². The summed E-state index contributed by atoms with van der Waals surface area (Å²) in [5, 5.41) is 6.75. The van der Waals surface area contributed by atoms with Gasteiger partial charge in [-0.1, -0.05) is 44.2 Å². The van der Waals surface area contributed by atoms with Crippen molar-refractivity contribution in [3.05, 3.63) is 53.2 Å². The van der Waals surface area contributed by atoms with E-state index in [4.69, 9.17) is 4.42 Å². The van der Waals surface area contributed by atoms with E-state index in [0.29, 0.717) is 12.4 Å². The van der Waals surface area contributed by atoms with Crippen LogP contribution in [0.5, 0.6) is 0 Å². The molecule has 0 saturated carbocycles. The van der Waals surface area contributed by atoms with Crippen LogP contribution in [-0.4, -0.2) is 24.5 Å². The normalized spacial score (nSPS) is 12.3. The van der Waals surface area contributed by atoms with E-state index in [-0.39, 0.29) is 5.41 Å². The van der Waals surface area contributed by atoms with Crippen molar-refractivity contribution >= 4 is 5.96 Å². The maximum absolute atomic E-state index is 5.61. The Bertz CT molecular complexity index is 667. The van der Waals surface area contributed by atoms with Gasteiger partial charge < -0.3 is 15.1 Å². The van der Waals surface area contributed by atoms with Crippen molar-refractivity contribution in [3.63, 3.8) is 0 Å². The lowest BCUT2D eigenvalue weighted by Crippen LogP contribution is -2.45. The molecule has 0 spiro atoms. The molecule has 0 saturated heterocycles. The van der Waals surface area contributed by atoms with Gasteiger partial charge in [0.05, 0.1) is 12.2 Å². The third kappa shape index (κ3) is 4.62. The molecule has 0 fully saturated rings. The minimum Gasteiger partial charge on any atom is -0.444 e. The lowest BCUT2D eigenvalue weighted by molar-refractivity contribution is 0.389. The van der Waals surface area contributed by atoms with Crippen molar-refractivity contribution in [2.75, 3.05) is 13.6 Å². The van der Waals surface area contributed by atoms with Gasteiger partial charge in [0.2, 0.25) is 5.89 Å². The summed E-state index contributed by atoms with van der Waals surface area (Å²) >= 11 is 0. The van der Waals surface area contributed by atoms with Crippen molar-refractivity contribution in [2.24, 2.45) is 4.99 Å². The van der Waals surface area contributed by atoms with Gasteiger partial charge in [-0.2, -0.15) is 0 Å². The molecule has 5 heteroatoms. The summed E-state index contributed by atoms with van der Waals surface area (Å²) in [7, 11) is 1.78. The minimum atomic E-state index is 0.0923. The molecule has 0 unspecified atom stereocenters. The molecule has 2 aromatic rings. The van der Waals surface area contributed by atoms with Gasteiger partial charge >= 0.3 is 0 Å². The van der Waals surface area contributed by atoms with Crippen molar-refractivity contribution in [1.29, 1.82) is 0 Å². The fraction of sp³-hybridized carbons (Fsp3) is 0.500. The van der Waals surface area contributed by atoms with E-state index >= 15 is 0 Å². The molecule has 25 heavy (non-hydrogen) atoms. The van der Waals surface area contributed by atoms with Crippen LogP contribution in [0.2, 0.25) is 0 Å². The fourth-order valence-electron chi connectivity index (χ4n) is 3.05. The highest BCUT2D eigenvalue weighted by atomic mass is 16.4. The van der Waals surface area contributed by atoms with Crippen LogP contribution in [0.4, 0.5) is 0 Å². The summed E-state index contributed by atoms with van der Waals surface area (Å²) in [6.07, 6.45) is 2.13. The number of oxazole rings is 1. The Morgan fingerprint density at radius 1 is 1.12 bits per heavy atom. The molecule has 1 aromatic carbocycles. The number of nitrogens with one attached hydrogen (secondary N) is 2. The topological polar surface area (TPSA) is 62.5 Å². The molecule has 0 radical (unpaired) electrons. The summed E-state index contributed by atoms with van der Waals surface area (Å²) in [4.78, 5) is 8.72. The van der Waals surface area contributed by atoms with Crippen molar-refractivity contribution in [1.82, 2.24) is 15.6 Å². The molecular formula is C20H30N4O. The predicted molar refractivity (Wildman–Crippen MR) is 103 cm³/mol. The van der Waals surface area contributed by atoms with E-state index in [1.807, 2.05) is 13.8 Å². The van der Waals surface area contributed by atoms with E-state index in [1.165, 1.54) is 5.56 Å². The third-order valence-corrected chi connectivity index (χ3v) is 5.04. The number of nitrogens with zero attached hydrogens (tertiary/aromatic N) is 2. The number of hydrogen-bond acceptors (Lipinski definition) is 3. The molecule has 0 aliphatic heterocycles. The van der Waals surface area contributed by atoms with E-state index in [1.54, 1.807) is 7.05 Å². The Balaban J connectivity index is 2.00. The molecule has 5 nitrogen and oxygen atoms in total. The summed E-state index contributed by atoms with van der Waals surface area (Å²) in [5.41, 5.74) is 2.39. The Morgan fingerprint density at radius 2 is 1.80 bits per heavy atom. The lowest BCUT2D eigenvalue weighted by Gasteiger charge is -2.33. The molecule has 0 bridgehead atoms. The molecule has 2 rings (SSSR count). The van der Waals surface area contributed by atoms with E-state index in [0.717, 1.165) is 36.8 Å². The summed E-state index contributed by atoms with van der Waals surface area (Å²) in [5.74, 6) is 2.30. The van der Waals surface area contributed by atoms with E-state index in [2.05, 4.69) is 64.8 Å². The highest BCUT2D eigenvalue weighted by Gasteiger charge is 2.28. The molecule has 0 atom stereocenters. The van der Waals surface area contributed by atoms with Crippen LogP contribution in [0.1, 0.15) is 49.6 Å². The number of aromatic nitrogens is 1. The van der Waals surface area contributed by atoms with Crippen LogP contribution in [0.15, 0.2) is 39.7 Å². The fourth-order valence-corrected chi connectivity index (χ4v) is 3.05. The number of aryl methyl sites for hydroxylation is 2. The van der Waals surface area contributed by atoms with Gasteiger partial charge in [0.25, 0.3) is 0 Å². The zero-order chi connectivity index (χ0) is 18.3. The van der Waals surface area contributed by atoms with Crippen molar-refractivity contribution in [2.45, 2.75) is 52.5 Å². The molecule has 0 aliphatic carbocycles. The molecule has 1 aromatic heterocycles. The van der Waals surface area contributed by atoms with Crippen LogP contribution in [0.25, 0.3) is 0 Å². The molecule has 2 N–H and O–H groups in total. The predicted octanol–water partition coefficient (Wildman–Crippen LogP) is 3.71. The SMILES string of the molecule is CCC(CC)(CNC(=NC)NCc1nc(C)c(C)o1)c1ccccc1. The zero-order valence-corrected chi connectivity index (χ0v) is 16.0. The highest BCUT2D eigenvalue weighted by molar-refractivity contribution is 5.79. The Morgan fingerprint density at radius 3 is 2.32 bits per heavy atom. The number of rotatable bonds is 7. The van der Waals surface area contributed by atoms with Crippen LogP contribution in [-0.2, 0) is 12.0 Å². The van der Waals surface area contributed by atoms with Gasteiger partial charge in [0.15, 0.2) is 5.96 Å². The van der Waals surface area contributed by atoms with Gasteiger partial charge in [0, 0.05) is 19.0 Å². The quantitative estimate of drug-likeness (QED) is 0.595. The monoisotopic (exact) mass is 342 g/mol. The largest absolute Gasteiger partial charge is 0.444 e. The van der Waals surface area contributed by atoms with E-state index < -0.39 is 0 Å². The summed E-state index contributed by atoms with van der Waals surface area (Å²) in [6.45, 7) is 9.71. The number of benzene rings is 1. The third-order valence-electron chi connectivity index (χ3n) is 5.04. The van der Waals surface area contributed by atoms with Gasteiger partial charge in [-0.15, -0.1) is 0 Å². The number of aliphatic imine (C=N–C) groups is 1. The maximum atomic E-state index is 5.61. The first-order chi connectivity index (χ1) is 12.0. The second-order valence-corrected chi connectivity index (χ2v) is 6.38. The van der Waals surface area contributed by atoms with Crippen LogP contribution >= 0.6 is 0 Å². The number of hydrogen-bond donors (Lipinski definition) is 2. The second kappa shape index (κ2) is 8.70. The van der Waals surface area contributed by atoms with Crippen molar-refractivity contribution < 1.29 is 4.42 Å². The van der Waals surface area contributed by atoms with Gasteiger partial charge in [-0.05, 0) is 32.3 Å². The first-order valence-corrected chi connectivity index (χ1v) is 8.97. The minimum absolute atomic E-state index is 0.0923. The molecule has 1 heterocycles. The standard InChI is InChI=1S/C20H30N4O/c1-6-20(7-2,17-11-9-8-10-12-17)14-23-19(21-5)22-13-18-24-15(3)16(4)25-18/h8-12H,6-7,13-14H2,1-5H3,(H2,21,22,23). The first-order valence-electron chi connectivity index (χ1n) is 8.97. The molecule has 0 aliphatic rings. The summed E-state index contributed by atoms with van der Waals surface area (Å²) < 4.78 is 5.61. The highest BCUT2D eigenvalue weighted by Crippen LogP contribution is 2.30. The lowest BCUT2D eigenvalue weighted by atomic mass is 9.76. The smallest absolute Gasteiger partial charge is 0.214 e. The van der Waals surface area contributed by atoms with Crippen molar-refractivity contribution in [3.8, 4) is 0 Å². The second-order valence-electron chi connectivity index (χ2n) is 6.38. The van der Waals surface area contributed by atoms with Crippen LogP contribution in [0.3, 0.4) is 0 Å². The maximum Gasteiger partial charge on any atom is 0.214 e. The average molecular weight is 342 g/mol. The summed E-state index contributed by atoms with van der Waals surface area (Å²) in [6, 6.07) is 10.7. The Kier molecular flexibility index (Phi) is 6.62.